The predicted octanol–water partition coefficient (Wildman–Crippen LogP) is 2.62. The molecule has 0 bridgehead atoms. The molecule has 2 heterocycles. The molecule has 1 aliphatic rings. The normalized spacial score (nSPS) is 15.7. The molecular weight excluding hydrogens is 371 g/mol. The van der Waals surface area contributed by atoms with E-state index in [1.807, 2.05) is 24.4 Å². The molecule has 1 N–H and O–H groups in total. The Morgan fingerprint density at radius 2 is 1.86 bits per heavy atom. The van der Waals surface area contributed by atoms with Gasteiger partial charge in [-0.1, -0.05) is 36.4 Å². The topological polar surface area (TPSA) is 67.2 Å². The van der Waals surface area contributed by atoms with Gasteiger partial charge in [-0.3, -0.25) is 14.3 Å². The summed E-state index contributed by atoms with van der Waals surface area (Å²) in [7, 11) is 1.79. The van der Waals surface area contributed by atoms with Crippen LogP contribution in [0.25, 0.3) is 0 Å². The zero-order valence-electron chi connectivity index (χ0n) is 16.0. The zero-order chi connectivity index (χ0) is 20.4. The predicted molar refractivity (Wildman–Crippen MR) is 105 cm³/mol. The number of hydrogen-bond donors (Lipinski definition) is 1. The van der Waals surface area contributed by atoms with Crippen LogP contribution in [0.3, 0.4) is 0 Å². The standard InChI is InChI=1S/C22H21FN4O2/c1-26-12-17-13-27(22(29)15-7-3-2-4-8-15)14-18(20(17)25-26)21(28)24-11-16-9-5-6-10-19(16)23/h2-10,12,18H,11,13-14H2,1H3,(H,24,28)/t18-/m0/s1. The first kappa shape index (κ1) is 18.9. The van der Waals surface area contributed by atoms with Gasteiger partial charge in [-0.05, 0) is 18.2 Å². The molecule has 4 rings (SSSR count). The lowest BCUT2D eigenvalue weighted by Gasteiger charge is -2.31. The Hall–Kier alpha value is -3.48. The number of aromatic nitrogens is 2. The van der Waals surface area contributed by atoms with Crippen LogP contribution in [0.1, 0.15) is 33.1 Å². The van der Waals surface area contributed by atoms with Crippen LogP contribution in [0.4, 0.5) is 4.39 Å². The van der Waals surface area contributed by atoms with Crippen molar-refractivity contribution < 1.29 is 14.0 Å². The van der Waals surface area contributed by atoms with Gasteiger partial charge < -0.3 is 10.2 Å². The monoisotopic (exact) mass is 392 g/mol. The number of benzene rings is 2. The van der Waals surface area contributed by atoms with Crippen molar-refractivity contribution >= 4 is 11.8 Å². The molecule has 1 atom stereocenters. The highest BCUT2D eigenvalue weighted by atomic mass is 19.1. The van der Waals surface area contributed by atoms with Crippen LogP contribution in [0, 0.1) is 5.82 Å². The van der Waals surface area contributed by atoms with E-state index in [9.17, 15) is 14.0 Å². The summed E-state index contributed by atoms with van der Waals surface area (Å²) in [5, 5.41) is 7.23. The van der Waals surface area contributed by atoms with Crippen LogP contribution in [0.5, 0.6) is 0 Å². The summed E-state index contributed by atoms with van der Waals surface area (Å²) < 4.78 is 15.5. The Kier molecular flexibility index (Phi) is 5.12. The molecule has 1 aromatic heterocycles. The molecular formula is C22H21FN4O2. The molecule has 1 aliphatic heterocycles. The summed E-state index contributed by atoms with van der Waals surface area (Å²) in [6.45, 7) is 0.700. The van der Waals surface area contributed by atoms with Crippen molar-refractivity contribution in [2.24, 2.45) is 7.05 Å². The number of fused-ring (bicyclic) bond motifs is 1. The third-order valence-corrected chi connectivity index (χ3v) is 5.07. The van der Waals surface area contributed by atoms with Crippen LogP contribution >= 0.6 is 0 Å². The number of nitrogens with zero attached hydrogens (tertiary/aromatic N) is 3. The molecule has 0 aliphatic carbocycles. The Morgan fingerprint density at radius 3 is 2.62 bits per heavy atom. The van der Waals surface area contributed by atoms with E-state index in [0.717, 1.165) is 5.56 Å². The second kappa shape index (κ2) is 7.87. The molecule has 6 nitrogen and oxygen atoms in total. The summed E-state index contributed by atoms with van der Waals surface area (Å²) in [4.78, 5) is 27.5. The van der Waals surface area contributed by atoms with Gasteiger partial charge in [0.15, 0.2) is 0 Å². The van der Waals surface area contributed by atoms with Crippen molar-refractivity contribution in [1.82, 2.24) is 20.0 Å². The van der Waals surface area contributed by atoms with E-state index < -0.39 is 5.92 Å². The van der Waals surface area contributed by atoms with Gasteiger partial charge in [0, 0.05) is 49.6 Å². The van der Waals surface area contributed by atoms with Crippen LogP contribution in [0.2, 0.25) is 0 Å². The summed E-state index contributed by atoms with van der Waals surface area (Å²) in [6, 6.07) is 15.3. The molecule has 0 spiro atoms. The van der Waals surface area contributed by atoms with Gasteiger partial charge in [-0.15, -0.1) is 0 Å². The van der Waals surface area contributed by atoms with E-state index >= 15 is 0 Å². The smallest absolute Gasteiger partial charge is 0.254 e. The number of hydrogen-bond acceptors (Lipinski definition) is 3. The first-order chi connectivity index (χ1) is 14.0. The van der Waals surface area contributed by atoms with E-state index in [1.165, 1.54) is 6.07 Å². The summed E-state index contributed by atoms with van der Waals surface area (Å²) in [6.07, 6.45) is 1.83. The molecule has 0 saturated heterocycles. The largest absolute Gasteiger partial charge is 0.351 e. The fourth-order valence-corrected chi connectivity index (χ4v) is 3.62. The molecule has 0 fully saturated rings. The van der Waals surface area contributed by atoms with Crippen LogP contribution in [-0.2, 0) is 24.9 Å². The zero-order valence-corrected chi connectivity index (χ0v) is 16.0. The minimum Gasteiger partial charge on any atom is -0.351 e. The highest BCUT2D eigenvalue weighted by Crippen LogP contribution is 2.28. The number of carbonyl (C=O) groups excluding carboxylic acids is 2. The molecule has 7 heteroatoms. The number of rotatable bonds is 4. The summed E-state index contributed by atoms with van der Waals surface area (Å²) >= 11 is 0. The van der Waals surface area contributed by atoms with E-state index in [0.29, 0.717) is 23.4 Å². The second-order valence-corrected chi connectivity index (χ2v) is 7.13. The molecule has 3 aromatic rings. The van der Waals surface area contributed by atoms with Crippen LogP contribution in [-0.4, -0.2) is 33.0 Å². The molecule has 0 radical (unpaired) electrons. The average molecular weight is 392 g/mol. The van der Waals surface area contributed by atoms with Crippen molar-refractivity contribution in [3.8, 4) is 0 Å². The van der Waals surface area contributed by atoms with Crippen molar-refractivity contribution in [2.75, 3.05) is 6.54 Å². The minimum absolute atomic E-state index is 0.0802. The van der Waals surface area contributed by atoms with Crippen molar-refractivity contribution in [3.05, 3.63) is 89.0 Å². The Morgan fingerprint density at radius 1 is 1.14 bits per heavy atom. The molecule has 2 aromatic carbocycles. The summed E-state index contributed by atoms with van der Waals surface area (Å²) in [5.41, 5.74) is 2.49. The molecule has 0 unspecified atom stereocenters. The first-order valence-corrected chi connectivity index (χ1v) is 9.41. The van der Waals surface area contributed by atoms with E-state index in [1.54, 1.807) is 47.0 Å². The van der Waals surface area contributed by atoms with E-state index in [2.05, 4.69) is 10.4 Å². The maximum Gasteiger partial charge on any atom is 0.254 e. The summed E-state index contributed by atoms with van der Waals surface area (Å²) in [5.74, 6) is -1.39. The highest BCUT2D eigenvalue weighted by Gasteiger charge is 2.35. The van der Waals surface area contributed by atoms with Gasteiger partial charge in [0.25, 0.3) is 5.91 Å². The Bertz CT molecular complexity index is 1050. The lowest BCUT2D eigenvalue weighted by Crippen LogP contribution is -2.43. The van der Waals surface area contributed by atoms with Gasteiger partial charge in [0.2, 0.25) is 5.91 Å². The maximum atomic E-state index is 13.9. The van der Waals surface area contributed by atoms with Gasteiger partial charge in [0.1, 0.15) is 5.82 Å². The number of aryl methyl sites for hydroxylation is 1. The fraction of sp³-hybridized carbons (Fsp3) is 0.227. The average Bonchev–Trinajstić information content (AvgIpc) is 3.12. The number of nitrogens with one attached hydrogen (secondary N) is 1. The lowest BCUT2D eigenvalue weighted by atomic mass is 9.95. The van der Waals surface area contributed by atoms with E-state index in [-0.39, 0.29) is 30.7 Å². The maximum absolute atomic E-state index is 13.9. The van der Waals surface area contributed by atoms with E-state index in [4.69, 9.17) is 0 Å². The number of carbonyl (C=O) groups is 2. The third kappa shape index (κ3) is 3.89. The van der Waals surface area contributed by atoms with Crippen LogP contribution in [0.15, 0.2) is 60.8 Å². The van der Waals surface area contributed by atoms with Crippen molar-refractivity contribution in [3.63, 3.8) is 0 Å². The Balaban J connectivity index is 1.55. The third-order valence-electron chi connectivity index (χ3n) is 5.07. The fourth-order valence-electron chi connectivity index (χ4n) is 3.62. The molecule has 0 saturated carbocycles. The minimum atomic E-state index is -0.612. The number of amides is 2. The van der Waals surface area contributed by atoms with Crippen LogP contribution < -0.4 is 5.32 Å². The molecule has 148 valence electrons. The van der Waals surface area contributed by atoms with Gasteiger partial charge in [-0.2, -0.15) is 5.10 Å². The van der Waals surface area contributed by atoms with Crippen molar-refractivity contribution in [1.29, 1.82) is 0 Å². The van der Waals surface area contributed by atoms with Gasteiger partial charge in [-0.25, -0.2) is 4.39 Å². The Labute approximate surface area is 167 Å². The first-order valence-electron chi connectivity index (χ1n) is 9.41. The quantitative estimate of drug-likeness (QED) is 0.742. The molecule has 2 amide bonds. The SMILES string of the molecule is Cn1cc2c(n1)[C@@H](C(=O)NCc1ccccc1F)CN(C(=O)c1ccccc1)C2. The molecule has 29 heavy (non-hydrogen) atoms. The van der Waals surface area contributed by atoms with Gasteiger partial charge in [0.05, 0.1) is 11.6 Å². The highest BCUT2D eigenvalue weighted by molar-refractivity contribution is 5.95. The number of halogens is 1. The van der Waals surface area contributed by atoms with Gasteiger partial charge >= 0.3 is 0 Å². The second-order valence-electron chi connectivity index (χ2n) is 7.13. The lowest BCUT2D eigenvalue weighted by molar-refractivity contribution is -0.123. The van der Waals surface area contributed by atoms with Crippen molar-refractivity contribution in [2.45, 2.75) is 19.0 Å².